The Bertz CT molecular complexity index is 1310. The molecule has 0 amide bonds. The van der Waals surface area contributed by atoms with E-state index in [0.717, 1.165) is 18.9 Å². The van der Waals surface area contributed by atoms with E-state index in [9.17, 15) is 13.6 Å². The molecule has 172 valence electrons. The number of aryl methyl sites for hydroxylation is 1. The molecule has 2 heterocycles. The monoisotopic (exact) mass is 489 g/mol. The molecule has 0 spiro atoms. The number of hydrogen-bond acceptors (Lipinski definition) is 3. The largest absolute Gasteiger partial charge is 0.356 e. The molecule has 3 aromatic rings. The van der Waals surface area contributed by atoms with Crippen molar-refractivity contribution in [2.75, 3.05) is 18.0 Å². The molecule has 0 radical (unpaired) electrons. The van der Waals surface area contributed by atoms with Crippen LogP contribution in [0.15, 0.2) is 47.3 Å². The molecule has 5 rings (SSSR count). The molecule has 1 aliphatic heterocycles. The number of anilines is 1. The first-order valence-corrected chi connectivity index (χ1v) is 11.8. The lowest BCUT2D eigenvalue weighted by Crippen LogP contribution is -2.34. The highest BCUT2D eigenvalue weighted by atomic mass is 35.5. The fraction of sp³-hybridized carbons (Fsp3) is 0.360. The molecule has 1 aliphatic carbocycles. The molecule has 2 aliphatic rings. The molecule has 2 aromatic carbocycles. The van der Waals surface area contributed by atoms with Crippen molar-refractivity contribution in [3.63, 3.8) is 0 Å². The Kier molecular flexibility index (Phi) is 5.49. The highest BCUT2D eigenvalue weighted by molar-refractivity contribution is 6.43. The van der Waals surface area contributed by atoms with Gasteiger partial charge in [-0.1, -0.05) is 36.2 Å². The van der Waals surface area contributed by atoms with E-state index in [1.165, 1.54) is 22.8 Å². The Balaban J connectivity index is 1.46. The Labute approximate surface area is 200 Å². The van der Waals surface area contributed by atoms with Crippen LogP contribution in [0.2, 0.25) is 10.0 Å². The maximum absolute atomic E-state index is 14.7. The Morgan fingerprint density at radius 1 is 1.15 bits per heavy atom. The first-order valence-electron chi connectivity index (χ1n) is 11.0. The van der Waals surface area contributed by atoms with Crippen molar-refractivity contribution in [2.45, 2.75) is 32.1 Å². The standard InChI is InChI=1S/C25H23Cl2F2N3O/c1-3-25(17-11-15(28)7-8-20(17)29)16-9-10-31(13-18(16)25)22-12-23(33)32(14(2)30-22)21-6-4-5-19(26)24(21)27/h4-8,11-12,16,18H,3,9-10,13H2,1-2H3/t16?,18?,25-/m1/s1. The Morgan fingerprint density at radius 3 is 2.67 bits per heavy atom. The summed E-state index contributed by atoms with van der Waals surface area (Å²) in [5, 5.41) is 0.656. The average Bonchev–Trinajstić information content (AvgIpc) is 3.45. The van der Waals surface area contributed by atoms with E-state index in [1.54, 1.807) is 25.1 Å². The van der Waals surface area contributed by atoms with Crippen LogP contribution in [0.1, 0.15) is 31.2 Å². The van der Waals surface area contributed by atoms with Crippen molar-refractivity contribution in [1.82, 2.24) is 9.55 Å². The lowest BCUT2D eigenvalue weighted by atomic mass is 9.88. The van der Waals surface area contributed by atoms with E-state index in [4.69, 9.17) is 23.2 Å². The van der Waals surface area contributed by atoms with Crippen molar-refractivity contribution in [1.29, 1.82) is 0 Å². The number of benzene rings is 2. The van der Waals surface area contributed by atoms with Crippen molar-refractivity contribution < 1.29 is 8.78 Å². The molecular formula is C25H23Cl2F2N3O. The summed E-state index contributed by atoms with van der Waals surface area (Å²) < 4.78 is 30.1. The molecule has 0 bridgehead atoms. The van der Waals surface area contributed by atoms with Crippen LogP contribution in [0.3, 0.4) is 0 Å². The van der Waals surface area contributed by atoms with Crippen LogP contribution in [-0.4, -0.2) is 22.6 Å². The van der Waals surface area contributed by atoms with Crippen LogP contribution in [0.5, 0.6) is 0 Å². The van der Waals surface area contributed by atoms with Gasteiger partial charge in [0.1, 0.15) is 23.3 Å². The molecule has 1 aromatic heterocycles. The van der Waals surface area contributed by atoms with Crippen molar-refractivity contribution in [3.05, 3.63) is 85.9 Å². The van der Waals surface area contributed by atoms with Crippen LogP contribution < -0.4 is 10.5 Å². The van der Waals surface area contributed by atoms with Gasteiger partial charge < -0.3 is 4.90 Å². The van der Waals surface area contributed by atoms with Crippen molar-refractivity contribution >= 4 is 29.0 Å². The second-order valence-electron chi connectivity index (χ2n) is 8.87. The van der Waals surface area contributed by atoms with Crippen LogP contribution in [0.4, 0.5) is 14.6 Å². The van der Waals surface area contributed by atoms with Crippen LogP contribution in [0, 0.1) is 30.4 Å². The van der Waals surface area contributed by atoms with Gasteiger partial charge in [-0.15, -0.1) is 0 Å². The van der Waals surface area contributed by atoms with E-state index in [2.05, 4.69) is 9.88 Å². The quantitative estimate of drug-likeness (QED) is 0.455. The summed E-state index contributed by atoms with van der Waals surface area (Å²) in [5.41, 5.74) is 0.326. The van der Waals surface area contributed by atoms with E-state index in [0.29, 0.717) is 51.9 Å². The molecule has 1 saturated heterocycles. The van der Waals surface area contributed by atoms with Crippen molar-refractivity contribution in [2.24, 2.45) is 11.8 Å². The van der Waals surface area contributed by atoms with Gasteiger partial charge in [-0.25, -0.2) is 13.8 Å². The van der Waals surface area contributed by atoms with E-state index >= 15 is 0 Å². The van der Waals surface area contributed by atoms with E-state index in [-0.39, 0.29) is 22.7 Å². The van der Waals surface area contributed by atoms with Gasteiger partial charge in [0.15, 0.2) is 0 Å². The zero-order valence-electron chi connectivity index (χ0n) is 18.3. The van der Waals surface area contributed by atoms with E-state index < -0.39 is 5.82 Å². The fourth-order valence-electron chi connectivity index (χ4n) is 5.86. The molecule has 1 saturated carbocycles. The van der Waals surface area contributed by atoms with Gasteiger partial charge in [0, 0.05) is 24.6 Å². The number of rotatable bonds is 4. The number of nitrogens with zero attached hydrogens (tertiary/aromatic N) is 3. The summed E-state index contributed by atoms with van der Waals surface area (Å²) in [6, 6.07) is 10.4. The molecule has 33 heavy (non-hydrogen) atoms. The first kappa shape index (κ1) is 22.4. The third-order valence-electron chi connectivity index (χ3n) is 7.41. The maximum Gasteiger partial charge on any atom is 0.260 e. The highest BCUT2D eigenvalue weighted by Crippen LogP contribution is 2.65. The lowest BCUT2D eigenvalue weighted by Gasteiger charge is -2.28. The summed E-state index contributed by atoms with van der Waals surface area (Å²) in [6.07, 6.45) is 1.57. The summed E-state index contributed by atoms with van der Waals surface area (Å²) in [6.45, 7) is 5.13. The number of fused-ring (bicyclic) bond motifs is 1. The molecule has 2 fully saturated rings. The van der Waals surface area contributed by atoms with Gasteiger partial charge in [-0.2, -0.15) is 0 Å². The topological polar surface area (TPSA) is 38.1 Å². The predicted molar refractivity (Wildman–Crippen MR) is 127 cm³/mol. The Hall–Kier alpha value is -2.44. The normalized spacial score (nSPS) is 24.0. The fourth-order valence-corrected chi connectivity index (χ4v) is 6.24. The van der Waals surface area contributed by atoms with E-state index in [1.807, 2.05) is 6.92 Å². The van der Waals surface area contributed by atoms with Crippen LogP contribution in [-0.2, 0) is 5.41 Å². The van der Waals surface area contributed by atoms with Gasteiger partial charge in [-0.3, -0.25) is 9.36 Å². The van der Waals surface area contributed by atoms with Gasteiger partial charge >= 0.3 is 0 Å². The summed E-state index contributed by atoms with van der Waals surface area (Å²) >= 11 is 12.5. The number of aromatic nitrogens is 2. The Morgan fingerprint density at radius 2 is 1.94 bits per heavy atom. The number of hydrogen-bond donors (Lipinski definition) is 0. The molecule has 2 unspecified atom stereocenters. The number of piperidine rings is 1. The van der Waals surface area contributed by atoms with Crippen LogP contribution in [0.25, 0.3) is 5.69 Å². The molecule has 0 N–H and O–H groups in total. The second kappa shape index (κ2) is 8.10. The molecule has 3 atom stereocenters. The smallest absolute Gasteiger partial charge is 0.260 e. The minimum atomic E-state index is -0.416. The van der Waals surface area contributed by atoms with Gasteiger partial charge in [0.25, 0.3) is 5.56 Å². The second-order valence-corrected chi connectivity index (χ2v) is 9.66. The highest BCUT2D eigenvalue weighted by Gasteiger charge is 2.66. The summed E-state index contributed by atoms with van der Waals surface area (Å²) in [5.74, 6) is 0.787. The zero-order valence-corrected chi connectivity index (χ0v) is 19.8. The first-order chi connectivity index (χ1) is 15.8. The van der Waals surface area contributed by atoms with Crippen molar-refractivity contribution in [3.8, 4) is 5.69 Å². The number of halogens is 4. The molecule has 8 heteroatoms. The molecule has 4 nitrogen and oxygen atoms in total. The SMILES string of the molecule is CC[C@]1(c2cc(F)ccc2F)C2CCN(c3cc(=O)n(-c4cccc(Cl)c4Cl)c(C)n3)CC21. The third-order valence-corrected chi connectivity index (χ3v) is 8.22. The molecular weight excluding hydrogens is 467 g/mol. The van der Waals surface area contributed by atoms with Gasteiger partial charge in [0.2, 0.25) is 0 Å². The summed E-state index contributed by atoms with van der Waals surface area (Å²) in [7, 11) is 0. The minimum Gasteiger partial charge on any atom is -0.356 e. The maximum atomic E-state index is 14.7. The van der Waals surface area contributed by atoms with Gasteiger partial charge in [-0.05, 0) is 67.5 Å². The zero-order chi connectivity index (χ0) is 23.5. The summed E-state index contributed by atoms with van der Waals surface area (Å²) in [4.78, 5) is 19.8. The van der Waals surface area contributed by atoms with Gasteiger partial charge in [0.05, 0.1) is 15.7 Å². The third kappa shape index (κ3) is 3.46. The lowest BCUT2D eigenvalue weighted by molar-refractivity contribution is 0.507. The minimum absolute atomic E-state index is 0.180. The average molecular weight is 490 g/mol. The predicted octanol–water partition coefficient (Wildman–Crippen LogP) is 5.93. The van der Waals surface area contributed by atoms with Crippen LogP contribution >= 0.6 is 23.2 Å².